The topological polar surface area (TPSA) is 76.7 Å². The second-order valence-electron chi connectivity index (χ2n) is 6.44. The van der Waals surface area contributed by atoms with Crippen LogP contribution >= 0.6 is 0 Å². The maximum absolute atomic E-state index is 12.5. The van der Waals surface area contributed by atoms with E-state index in [0.29, 0.717) is 29.5 Å². The normalized spacial score (nSPS) is 12.0. The van der Waals surface area contributed by atoms with Gasteiger partial charge < -0.3 is 20.1 Å². The van der Waals surface area contributed by atoms with E-state index >= 15 is 0 Å². The summed E-state index contributed by atoms with van der Waals surface area (Å²) < 4.78 is 10.3. The van der Waals surface area contributed by atoms with Gasteiger partial charge in [0.2, 0.25) is 5.91 Å². The molecule has 0 heterocycles. The van der Waals surface area contributed by atoms with Crippen molar-refractivity contribution in [1.82, 2.24) is 10.6 Å². The Hall–Kier alpha value is -2.24. The third-order valence-corrected chi connectivity index (χ3v) is 3.53. The molecule has 0 radical (unpaired) electrons. The van der Waals surface area contributed by atoms with E-state index in [0.717, 1.165) is 0 Å². The van der Waals surface area contributed by atoms with Crippen LogP contribution in [0.15, 0.2) is 18.2 Å². The molecular weight excluding hydrogens is 308 g/mol. The minimum absolute atomic E-state index is 0.0337. The summed E-state index contributed by atoms with van der Waals surface area (Å²) in [7, 11) is 3.04. The van der Waals surface area contributed by atoms with Gasteiger partial charge in [-0.3, -0.25) is 9.59 Å². The van der Waals surface area contributed by atoms with E-state index < -0.39 is 6.04 Å². The first-order chi connectivity index (χ1) is 11.3. The first-order valence-corrected chi connectivity index (χ1v) is 8.10. The molecule has 0 aromatic heterocycles. The number of hydrogen-bond donors (Lipinski definition) is 2. The molecule has 1 rings (SSSR count). The quantitative estimate of drug-likeness (QED) is 0.763. The molecule has 2 amide bonds. The Bertz CT molecular complexity index is 548. The van der Waals surface area contributed by atoms with Crippen molar-refractivity contribution in [1.29, 1.82) is 0 Å². The molecule has 1 aromatic carbocycles. The summed E-state index contributed by atoms with van der Waals surface area (Å²) in [6.07, 6.45) is 0. The van der Waals surface area contributed by atoms with Gasteiger partial charge in [-0.05, 0) is 24.0 Å². The number of carbonyl (C=O) groups excluding carboxylic acids is 2. The third kappa shape index (κ3) is 5.76. The van der Waals surface area contributed by atoms with E-state index in [1.807, 2.05) is 27.7 Å². The Balaban J connectivity index is 2.91. The highest BCUT2D eigenvalue weighted by molar-refractivity contribution is 5.98. The van der Waals surface area contributed by atoms with Gasteiger partial charge in [0.05, 0.1) is 14.2 Å². The highest BCUT2D eigenvalue weighted by atomic mass is 16.5. The smallest absolute Gasteiger partial charge is 0.252 e. The lowest BCUT2D eigenvalue weighted by atomic mass is 10.0. The zero-order valence-corrected chi connectivity index (χ0v) is 15.3. The number of benzene rings is 1. The molecule has 0 unspecified atom stereocenters. The van der Waals surface area contributed by atoms with Gasteiger partial charge in [-0.1, -0.05) is 27.7 Å². The largest absolute Gasteiger partial charge is 0.497 e. The van der Waals surface area contributed by atoms with Crippen LogP contribution in [0.3, 0.4) is 0 Å². The molecule has 1 atom stereocenters. The van der Waals surface area contributed by atoms with Gasteiger partial charge in [0, 0.05) is 18.2 Å². The third-order valence-electron chi connectivity index (χ3n) is 3.53. The highest BCUT2D eigenvalue weighted by Gasteiger charge is 2.25. The molecule has 0 fully saturated rings. The number of nitrogens with one attached hydrogen (secondary N) is 2. The van der Waals surface area contributed by atoms with Crippen molar-refractivity contribution < 1.29 is 19.1 Å². The first-order valence-electron chi connectivity index (χ1n) is 8.10. The van der Waals surface area contributed by atoms with Crippen LogP contribution in [0.1, 0.15) is 38.1 Å². The average molecular weight is 336 g/mol. The second-order valence-corrected chi connectivity index (χ2v) is 6.44. The van der Waals surface area contributed by atoms with Crippen LogP contribution < -0.4 is 20.1 Å². The number of rotatable bonds is 8. The molecule has 24 heavy (non-hydrogen) atoms. The first kappa shape index (κ1) is 19.8. The Morgan fingerprint density at radius 1 is 1.00 bits per heavy atom. The van der Waals surface area contributed by atoms with Crippen LogP contribution in [-0.4, -0.2) is 38.6 Å². The van der Waals surface area contributed by atoms with E-state index in [9.17, 15) is 9.59 Å². The van der Waals surface area contributed by atoms with Gasteiger partial charge in [0.25, 0.3) is 5.91 Å². The lowest BCUT2D eigenvalue weighted by molar-refractivity contribution is -0.124. The molecule has 6 heteroatoms. The van der Waals surface area contributed by atoms with Crippen molar-refractivity contribution >= 4 is 11.8 Å². The van der Waals surface area contributed by atoms with E-state index in [2.05, 4.69) is 10.6 Å². The van der Waals surface area contributed by atoms with Gasteiger partial charge in [-0.15, -0.1) is 0 Å². The monoisotopic (exact) mass is 336 g/mol. The molecule has 6 nitrogen and oxygen atoms in total. The zero-order valence-electron chi connectivity index (χ0n) is 15.3. The van der Waals surface area contributed by atoms with Gasteiger partial charge >= 0.3 is 0 Å². The Labute approximate surface area is 143 Å². The molecular formula is C18H28N2O4. The van der Waals surface area contributed by atoms with Gasteiger partial charge in [-0.25, -0.2) is 0 Å². The predicted octanol–water partition coefficient (Wildman–Crippen LogP) is 2.23. The van der Waals surface area contributed by atoms with Crippen LogP contribution in [0.25, 0.3) is 0 Å². The number of methoxy groups -OCH3 is 2. The summed E-state index contributed by atoms with van der Waals surface area (Å²) in [5.74, 6) is 0.830. The van der Waals surface area contributed by atoms with Gasteiger partial charge in [0.15, 0.2) is 0 Å². The van der Waals surface area contributed by atoms with E-state index in [1.165, 1.54) is 14.2 Å². The molecule has 134 valence electrons. The molecule has 0 saturated heterocycles. The highest BCUT2D eigenvalue weighted by Crippen LogP contribution is 2.22. The lowest BCUT2D eigenvalue weighted by Gasteiger charge is -2.22. The second kappa shape index (κ2) is 9.15. The molecule has 0 spiro atoms. The van der Waals surface area contributed by atoms with Crippen molar-refractivity contribution in [3.63, 3.8) is 0 Å². The summed E-state index contributed by atoms with van der Waals surface area (Å²) in [6.45, 7) is 8.40. The van der Waals surface area contributed by atoms with E-state index in [1.54, 1.807) is 18.2 Å². The molecule has 2 N–H and O–H groups in total. The SMILES string of the molecule is COc1cc(OC)cc(C(=O)N[C@H](C(=O)NCC(C)C)C(C)C)c1. The maximum Gasteiger partial charge on any atom is 0.252 e. The number of amides is 2. The summed E-state index contributed by atoms with van der Waals surface area (Å²) in [6, 6.07) is 4.31. The Morgan fingerprint density at radius 3 is 1.96 bits per heavy atom. The predicted molar refractivity (Wildman–Crippen MR) is 93.5 cm³/mol. The standard InChI is InChI=1S/C18H28N2O4/c1-11(2)10-19-18(22)16(12(3)4)20-17(21)13-7-14(23-5)9-15(8-13)24-6/h7-9,11-12,16H,10H2,1-6H3,(H,19,22)(H,20,21)/t16-/m0/s1. The summed E-state index contributed by atoms with van der Waals surface area (Å²) in [5, 5.41) is 5.66. The summed E-state index contributed by atoms with van der Waals surface area (Å²) in [5.41, 5.74) is 0.383. The Kier molecular flexibility index (Phi) is 7.55. The van der Waals surface area contributed by atoms with Crippen LogP contribution in [0.4, 0.5) is 0 Å². The van der Waals surface area contributed by atoms with E-state index in [-0.39, 0.29) is 17.7 Å². The van der Waals surface area contributed by atoms with Gasteiger partial charge in [0.1, 0.15) is 17.5 Å². The molecule has 0 aliphatic heterocycles. The van der Waals surface area contributed by atoms with Crippen LogP contribution in [0, 0.1) is 11.8 Å². The lowest BCUT2D eigenvalue weighted by Crippen LogP contribution is -2.50. The average Bonchev–Trinajstić information content (AvgIpc) is 2.56. The summed E-state index contributed by atoms with van der Waals surface area (Å²) >= 11 is 0. The van der Waals surface area contributed by atoms with Crippen molar-refractivity contribution in [2.75, 3.05) is 20.8 Å². The fraction of sp³-hybridized carbons (Fsp3) is 0.556. The van der Waals surface area contributed by atoms with Crippen LogP contribution in [-0.2, 0) is 4.79 Å². The van der Waals surface area contributed by atoms with Crippen molar-refractivity contribution in [2.45, 2.75) is 33.7 Å². The fourth-order valence-corrected chi connectivity index (χ4v) is 2.11. The van der Waals surface area contributed by atoms with E-state index in [4.69, 9.17) is 9.47 Å². The van der Waals surface area contributed by atoms with Crippen molar-refractivity contribution in [3.05, 3.63) is 23.8 Å². The molecule has 0 saturated carbocycles. The van der Waals surface area contributed by atoms with Crippen molar-refractivity contribution in [2.24, 2.45) is 11.8 Å². The number of hydrogen-bond acceptors (Lipinski definition) is 4. The minimum atomic E-state index is -0.603. The van der Waals surface area contributed by atoms with Crippen LogP contribution in [0.2, 0.25) is 0 Å². The molecule has 0 bridgehead atoms. The minimum Gasteiger partial charge on any atom is -0.497 e. The van der Waals surface area contributed by atoms with Gasteiger partial charge in [-0.2, -0.15) is 0 Å². The molecule has 1 aromatic rings. The number of carbonyl (C=O) groups is 2. The van der Waals surface area contributed by atoms with Crippen molar-refractivity contribution in [3.8, 4) is 11.5 Å². The maximum atomic E-state index is 12.5. The molecule has 0 aliphatic rings. The van der Waals surface area contributed by atoms with Crippen LogP contribution in [0.5, 0.6) is 11.5 Å². The molecule has 0 aliphatic carbocycles. The summed E-state index contributed by atoms with van der Waals surface area (Å²) in [4.78, 5) is 24.9. The number of ether oxygens (including phenoxy) is 2. The Morgan fingerprint density at radius 2 is 1.54 bits per heavy atom. The fourth-order valence-electron chi connectivity index (χ4n) is 2.11. The zero-order chi connectivity index (χ0) is 18.3.